The second-order valence-electron chi connectivity index (χ2n) is 4.74. The molecule has 0 aliphatic carbocycles. The predicted molar refractivity (Wildman–Crippen MR) is 96.3 cm³/mol. The van der Waals surface area contributed by atoms with E-state index in [1.165, 1.54) is 22.7 Å². The molecule has 0 spiro atoms. The van der Waals surface area contributed by atoms with Gasteiger partial charge in [-0.2, -0.15) is 0 Å². The highest BCUT2D eigenvalue weighted by Crippen LogP contribution is 2.24. The van der Waals surface area contributed by atoms with Gasteiger partial charge in [0.2, 0.25) is 5.91 Å². The van der Waals surface area contributed by atoms with E-state index in [9.17, 15) is 9.59 Å². The summed E-state index contributed by atoms with van der Waals surface area (Å²) in [5.74, 6) is -0.767. The molecule has 0 atom stereocenters. The highest BCUT2D eigenvalue weighted by atomic mass is 35.5. The molecule has 0 aliphatic heterocycles. The Morgan fingerprint density at radius 1 is 1.39 bits per heavy atom. The van der Waals surface area contributed by atoms with Crippen molar-refractivity contribution >= 4 is 51.1 Å². The van der Waals surface area contributed by atoms with Crippen LogP contribution < -0.4 is 11.1 Å². The molecule has 2 rings (SSSR count). The van der Waals surface area contributed by atoms with Gasteiger partial charge in [0.1, 0.15) is 5.00 Å². The van der Waals surface area contributed by atoms with E-state index >= 15 is 0 Å². The third-order valence-electron chi connectivity index (χ3n) is 2.95. The normalized spacial score (nSPS) is 10.7. The van der Waals surface area contributed by atoms with Crippen molar-refractivity contribution in [3.8, 4) is 0 Å². The van der Waals surface area contributed by atoms with Gasteiger partial charge < -0.3 is 11.1 Å². The van der Waals surface area contributed by atoms with Crippen molar-refractivity contribution in [2.45, 2.75) is 6.54 Å². The van der Waals surface area contributed by atoms with Crippen LogP contribution in [0, 0.1) is 0 Å². The van der Waals surface area contributed by atoms with Crippen LogP contribution in [0.25, 0.3) is 0 Å². The number of hydrogen-bond donors (Lipinski definition) is 2. The summed E-state index contributed by atoms with van der Waals surface area (Å²) < 4.78 is 0.715. The second-order valence-corrected chi connectivity index (χ2v) is 7.46. The number of halogens is 1. The Labute approximate surface area is 147 Å². The molecular weight excluding hydrogens is 354 g/mol. The maximum absolute atomic E-state index is 12.2. The highest BCUT2D eigenvalue weighted by molar-refractivity contribution is 7.16. The number of anilines is 1. The molecule has 2 heterocycles. The molecule has 2 aromatic heterocycles. The lowest BCUT2D eigenvalue weighted by Crippen LogP contribution is -2.33. The van der Waals surface area contributed by atoms with E-state index < -0.39 is 5.91 Å². The average molecular weight is 370 g/mol. The molecule has 0 unspecified atom stereocenters. The van der Waals surface area contributed by atoms with Crippen molar-refractivity contribution in [3.05, 3.63) is 51.0 Å². The number of nitrogens with two attached hydrogens (primary N) is 1. The van der Waals surface area contributed by atoms with Gasteiger partial charge in [-0.1, -0.05) is 17.7 Å². The monoisotopic (exact) mass is 369 g/mol. The molecule has 3 N–H and O–H groups in total. The van der Waals surface area contributed by atoms with E-state index in [-0.39, 0.29) is 12.5 Å². The van der Waals surface area contributed by atoms with Gasteiger partial charge in [-0.3, -0.25) is 14.5 Å². The van der Waals surface area contributed by atoms with Crippen LogP contribution in [0.5, 0.6) is 0 Å². The summed E-state index contributed by atoms with van der Waals surface area (Å²) in [6.07, 6.45) is 1.74. The first-order chi connectivity index (χ1) is 11.0. The summed E-state index contributed by atoms with van der Waals surface area (Å²) >= 11 is 8.67. The molecule has 0 aliphatic rings. The Bertz CT molecular complexity index is 711. The van der Waals surface area contributed by atoms with Gasteiger partial charge in [-0.15, -0.1) is 29.3 Å². The maximum Gasteiger partial charge on any atom is 0.251 e. The Hall–Kier alpha value is -1.67. The third kappa shape index (κ3) is 5.18. The molecule has 0 aromatic carbocycles. The number of primary amides is 1. The largest absolute Gasteiger partial charge is 0.366 e. The van der Waals surface area contributed by atoms with Crippen LogP contribution in [0.15, 0.2) is 36.2 Å². The molecule has 8 heteroatoms. The van der Waals surface area contributed by atoms with Gasteiger partial charge in [0.15, 0.2) is 0 Å². The van der Waals surface area contributed by atoms with Crippen LogP contribution in [0.1, 0.15) is 15.2 Å². The van der Waals surface area contributed by atoms with Crippen molar-refractivity contribution < 1.29 is 9.59 Å². The number of amides is 2. The first kappa shape index (κ1) is 17.7. The van der Waals surface area contributed by atoms with E-state index in [1.54, 1.807) is 17.5 Å². The van der Waals surface area contributed by atoms with E-state index in [1.807, 2.05) is 17.0 Å². The number of nitrogens with one attached hydrogen (secondary N) is 1. The minimum absolute atomic E-state index is 0.178. The van der Waals surface area contributed by atoms with Crippen LogP contribution >= 0.6 is 34.3 Å². The van der Waals surface area contributed by atoms with Crippen LogP contribution in [0.3, 0.4) is 0 Å². The Kier molecular flexibility index (Phi) is 6.35. The Morgan fingerprint density at radius 3 is 2.78 bits per heavy atom. The zero-order valence-corrected chi connectivity index (χ0v) is 14.6. The fourth-order valence-electron chi connectivity index (χ4n) is 1.99. The Morgan fingerprint density at radius 2 is 2.17 bits per heavy atom. The average Bonchev–Trinajstić information content (AvgIpc) is 3.08. The van der Waals surface area contributed by atoms with Crippen molar-refractivity contribution in [1.82, 2.24) is 4.90 Å². The zero-order chi connectivity index (χ0) is 16.8. The number of thiophene rings is 2. The van der Waals surface area contributed by atoms with Gasteiger partial charge in [0.05, 0.1) is 16.4 Å². The quantitative estimate of drug-likeness (QED) is 0.701. The van der Waals surface area contributed by atoms with Crippen molar-refractivity contribution in [2.75, 3.05) is 18.4 Å². The first-order valence-corrected chi connectivity index (χ1v) is 8.81. The van der Waals surface area contributed by atoms with Crippen molar-refractivity contribution in [3.63, 3.8) is 0 Å². The number of rotatable bonds is 8. The second kappa shape index (κ2) is 8.26. The molecule has 122 valence electrons. The molecule has 0 fully saturated rings. The smallest absolute Gasteiger partial charge is 0.251 e. The highest BCUT2D eigenvalue weighted by Gasteiger charge is 2.15. The number of carbonyl (C=O) groups is 2. The fraction of sp³-hybridized carbons (Fsp3) is 0.200. The molecule has 2 aromatic rings. The van der Waals surface area contributed by atoms with Gasteiger partial charge in [-0.05, 0) is 23.6 Å². The zero-order valence-electron chi connectivity index (χ0n) is 12.3. The lowest BCUT2D eigenvalue weighted by atomic mass is 10.3. The summed E-state index contributed by atoms with van der Waals surface area (Å²) in [6, 6.07) is 5.36. The van der Waals surface area contributed by atoms with Gasteiger partial charge in [-0.25, -0.2) is 0 Å². The van der Waals surface area contributed by atoms with Crippen LogP contribution in [0.4, 0.5) is 5.00 Å². The van der Waals surface area contributed by atoms with Crippen LogP contribution in [-0.2, 0) is 11.3 Å². The molecule has 0 radical (unpaired) electrons. The van der Waals surface area contributed by atoms with Crippen LogP contribution in [0.2, 0.25) is 4.34 Å². The summed E-state index contributed by atoms with van der Waals surface area (Å²) in [4.78, 5) is 26.5. The molecule has 5 nitrogen and oxygen atoms in total. The molecule has 0 bridgehead atoms. The summed E-state index contributed by atoms with van der Waals surface area (Å²) in [5.41, 5.74) is 5.59. The van der Waals surface area contributed by atoms with E-state index in [2.05, 4.69) is 11.9 Å². The minimum Gasteiger partial charge on any atom is -0.366 e. The topological polar surface area (TPSA) is 75.4 Å². The van der Waals surface area contributed by atoms with Crippen LogP contribution in [-0.4, -0.2) is 29.8 Å². The predicted octanol–water partition coefficient (Wildman–Crippen LogP) is 3.19. The Balaban J connectivity index is 1.98. The van der Waals surface area contributed by atoms with E-state index in [0.29, 0.717) is 28.0 Å². The van der Waals surface area contributed by atoms with Crippen molar-refractivity contribution in [2.24, 2.45) is 5.73 Å². The molecule has 0 saturated heterocycles. The molecule has 23 heavy (non-hydrogen) atoms. The van der Waals surface area contributed by atoms with Gasteiger partial charge >= 0.3 is 0 Å². The third-order valence-corrected chi connectivity index (χ3v) is 4.99. The van der Waals surface area contributed by atoms with Gasteiger partial charge in [0.25, 0.3) is 5.91 Å². The molecule has 0 saturated carbocycles. The summed E-state index contributed by atoms with van der Waals surface area (Å²) in [7, 11) is 0. The number of carbonyl (C=O) groups excluding carboxylic acids is 2. The molecule has 2 amide bonds. The lowest BCUT2D eigenvalue weighted by Gasteiger charge is -2.19. The minimum atomic E-state index is -0.558. The van der Waals surface area contributed by atoms with Crippen molar-refractivity contribution in [1.29, 1.82) is 0 Å². The first-order valence-electron chi connectivity index (χ1n) is 6.74. The summed E-state index contributed by atoms with van der Waals surface area (Å²) in [6.45, 7) is 5.06. The fourth-order valence-corrected chi connectivity index (χ4v) is 3.93. The van der Waals surface area contributed by atoms with Gasteiger partial charge in [0, 0.05) is 18.0 Å². The molecular formula is C15H16ClN3O2S2. The van der Waals surface area contributed by atoms with E-state index in [0.717, 1.165) is 4.88 Å². The standard InChI is InChI=1S/C15H16ClN3O2S2/c1-2-6-19(8-10-3-4-12(16)23-10)9-13(20)18-15-11(14(17)21)5-7-22-15/h2-5,7H,1,6,8-9H2,(H2,17,21)(H,18,20). The maximum atomic E-state index is 12.2. The summed E-state index contributed by atoms with van der Waals surface area (Å²) in [5, 5.41) is 4.92. The SMILES string of the molecule is C=CCN(CC(=O)Nc1sccc1C(N)=O)Cc1ccc(Cl)s1. The number of hydrogen-bond acceptors (Lipinski definition) is 5. The number of nitrogens with zero attached hydrogens (tertiary/aromatic N) is 1. The van der Waals surface area contributed by atoms with E-state index in [4.69, 9.17) is 17.3 Å². The lowest BCUT2D eigenvalue weighted by molar-refractivity contribution is -0.117.